The number of pyridine rings is 1. The number of hydrogen-bond acceptors (Lipinski definition) is 3. The predicted molar refractivity (Wildman–Crippen MR) is 57.8 cm³/mol. The molecule has 1 aromatic rings. The van der Waals surface area contributed by atoms with Crippen molar-refractivity contribution in [2.75, 3.05) is 13.7 Å². The Balaban J connectivity index is 3.00. The molecular formula is C10H12ClFN2O2. The zero-order chi connectivity index (χ0) is 12.3. The van der Waals surface area contributed by atoms with E-state index in [4.69, 9.17) is 16.7 Å². The lowest BCUT2D eigenvalue weighted by Gasteiger charge is -2.23. The highest BCUT2D eigenvalue weighted by atomic mass is 35.5. The minimum atomic E-state index is -0.627. The summed E-state index contributed by atoms with van der Waals surface area (Å²) in [6, 6.07) is 0.657. The number of aromatic nitrogens is 1. The molecule has 0 spiro atoms. The van der Waals surface area contributed by atoms with Crippen molar-refractivity contribution in [1.82, 2.24) is 9.88 Å². The summed E-state index contributed by atoms with van der Waals surface area (Å²) in [5.74, 6) is -1.10. The standard InChI is InChI=1S/C10H12ClFN2O2/c1-6(5-15)14(2)10(16)8-3-7(12)4-13-9(8)11/h3-4,6,15H,5H2,1-2H3. The van der Waals surface area contributed by atoms with Gasteiger partial charge in [-0.2, -0.15) is 0 Å². The lowest BCUT2D eigenvalue weighted by molar-refractivity contribution is 0.0681. The lowest BCUT2D eigenvalue weighted by Crippen LogP contribution is -2.37. The number of aliphatic hydroxyl groups is 1. The van der Waals surface area contributed by atoms with Crippen LogP contribution in [0.15, 0.2) is 12.3 Å². The molecule has 1 unspecified atom stereocenters. The SMILES string of the molecule is CC(CO)N(C)C(=O)c1cc(F)cnc1Cl. The molecule has 0 fully saturated rings. The number of halogens is 2. The van der Waals surface area contributed by atoms with Crippen molar-refractivity contribution in [3.8, 4) is 0 Å². The van der Waals surface area contributed by atoms with Crippen LogP contribution in [0.5, 0.6) is 0 Å². The van der Waals surface area contributed by atoms with Crippen LogP contribution in [0.2, 0.25) is 5.15 Å². The summed E-state index contributed by atoms with van der Waals surface area (Å²) in [5, 5.41) is 8.86. The molecule has 4 nitrogen and oxygen atoms in total. The van der Waals surface area contributed by atoms with Gasteiger partial charge in [-0.05, 0) is 13.0 Å². The summed E-state index contributed by atoms with van der Waals surface area (Å²) in [4.78, 5) is 16.7. The van der Waals surface area contributed by atoms with E-state index in [0.717, 1.165) is 12.3 Å². The van der Waals surface area contributed by atoms with E-state index in [1.54, 1.807) is 6.92 Å². The van der Waals surface area contributed by atoms with Crippen molar-refractivity contribution >= 4 is 17.5 Å². The van der Waals surface area contributed by atoms with Gasteiger partial charge in [0.1, 0.15) is 11.0 Å². The fraction of sp³-hybridized carbons (Fsp3) is 0.400. The normalized spacial score (nSPS) is 12.3. The number of hydrogen-bond donors (Lipinski definition) is 1. The van der Waals surface area contributed by atoms with Crippen LogP contribution in [0.3, 0.4) is 0 Å². The van der Waals surface area contributed by atoms with Gasteiger partial charge in [-0.15, -0.1) is 0 Å². The van der Waals surface area contributed by atoms with Gasteiger partial charge in [0, 0.05) is 7.05 Å². The van der Waals surface area contributed by atoms with Crippen molar-refractivity contribution < 1.29 is 14.3 Å². The first-order valence-corrected chi connectivity index (χ1v) is 5.04. The number of likely N-dealkylation sites (N-methyl/N-ethyl adjacent to an activating group) is 1. The Kier molecular flexibility index (Phi) is 4.20. The van der Waals surface area contributed by atoms with E-state index >= 15 is 0 Å². The van der Waals surface area contributed by atoms with Crippen molar-refractivity contribution in [3.63, 3.8) is 0 Å². The van der Waals surface area contributed by atoms with Crippen LogP contribution < -0.4 is 0 Å². The molecule has 0 aliphatic carbocycles. The Morgan fingerprint density at radius 2 is 2.38 bits per heavy atom. The van der Waals surface area contributed by atoms with E-state index in [-0.39, 0.29) is 23.4 Å². The maximum absolute atomic E-state index is 12.9. The quantitative estimate of drug-likeness (QED) is 0.819. The van der Waals surface area contributed by atoms with Crippen molar-refractivity contribution in [3.05, 3.63) is 28.8 Å². The summed E-state index contributed by atoms with van der Waals surface area (Å²) in [6.45, 7) is 1.49. The van der Waals surface area contributed by atoms with Gasteiger partial charge in [0.05, 0.1) is 24.4 Å². The first-order chi connectivity index (χ1) is 7.47. The van der Waals surface area contributed by atoms with Gasteiger partial charge in [-0.1, -0.05) is 11.6 Å². The van der Waals surface area contributed by atoms with Crippen molar-refractivity contribution in [1.29, 1.82) is 0 Å². The van der Waals surface area contributed by atoms with Crippen LogP contribution in [0.25, 0.3) is 0 Å². The zero-order valence-electron chi connectivity index (χ0n) is 8.94. The van der Waals surface area contributed by atoms with Gasteiger partial charge in [-0.3, -0.25) is 4.79 Å². The zero-order valence-corrected chi connectivity index (χ0v) is 9.70. The molecule has 6 heteroatoms. The van der Waals surface area contributed by atoms with Crippen LogP contribution in [0.4, 0.5) is 4.39 Å². The Morgan fingerprint density at radius 3 is 2.94 bits per heavy atom. The summed E-state index contributed by atoms with van der Waals surface area (Å²) < 4.78 is 12.9. The first-order valence-electron chi connectivity index (χ1n) is 4.66. The highest BCUT2D eigenvalue weighted by Gasteiger charge is 2.20. The lowest BCUT2D eigenvalue weighted by atomic mass is 10.2. The fourth-order valence-corrected chi connectivity index (χ4v) is 1.27. The Hall–Kier alpha value is -1.20. The Labute approximate surface area is 97.7 Å². The molecule has 0 aliphatic rings. The Morgan fingerprint density at radius 1 is 1.75 bits per heavy atom. The minimum Gasteiger partial charge on any atom is -0.394 e. The third-order valence-corrected chi connectivity index (χ3v) is 2.58. The molecule has 0 bridgehead atoms. The number of nitrogens with zero attached hydrogens (tertiary/aromatic N) is 2. The van der Waals surface area contributed by atoms with Crippen LogP contribution in [-0.4, -0.2) is 40.6 Å². The molecule has 0 saturated carbocycles. The average Bonchev–Trinajstić information content (AvgIpc) is 2.29. The van der Waals surface area contributed by atoms with Gasteiger partial charge < -0.3 is 10.0 Å². The third kappa shape index (κ3) is 2.68. The second-order valence-electron chi connectivity index (χ2n) is 3.44. The minimum absolute atomic E-state index is 0.00975. The van der Waals surface area contributed by atoms with E-state index in [0.29, 0.717) is 0 Å². The maximum atomic E-state index is 12.9. The van der Waals surface area contributed by atoms with Gasteiger partial charge in [0.15, 0.2) is 0 Å². The topological polar surface area (TPSA) is 53.4 Å². The molecule has 0 saturated heterocycles. The van der Waals surface area contributed by atoms with Crippen LogP contribution in [0, 0.1) is 5.82 Å². The van der Waals surface area contributed by atoms with Gasteiger partial charge in [0.25, 0.3) is 5.91 Å². The number of aliphatic hydroxyl groups excluding tert-OH is 1. The van der Waals surface area contributed by atoms with Gasteiger partial charge in [-0.25, -0.2) is 9.37 Å². The number of carbonyl (C=O) groups excluding carboxylic acids is 1. The third-order valence-electron chi connectivity index (χ3n) is 2.28. The molecular weight excluding hydrogens is 235 g/mol. The predicted octanol–water partition coefficient (Wildman–Crippen LogP) is 1.33. The highest BCUT2D eigenvalue weighted by molar-refractivity contribution is 6.32. The number of amides is 1. The van der Waals surface area contributed by atoms with Gasteiger partial charge >= 0.3 is 0 Å². The highest BCUT2D eigenvalue weighted by Crippen LogP contribution is 2.16. The second-order valence-corrected chi connectivity index (χ2v) is 3.80. The Bertz CT molecular complexity index is 400. The molecule has 0 aromatic carbocycles. The smallest absolute Gasteiger partial charge is 0.257 e. The summed E-state index contributed by atoms with van der Waals surface area (Å²) in [6.07, 6.45) is 0.939. The number of rotatable bonds is 3. The van der Waals surface area contributed by atoms with Crippen LogP contribution >= 0.6 is 11.6 Å². The molecule has 1 N–H and O–H groups in total. The van der Waals surface area contributed by atoms with Crippen molar-refractivity contribution in [2.24, 2.45) is 0 Å². The second kappa shape index (κ2) is 5.23. The molecule has 0 radical (unpaired) electrons. The molecule has 1 heterocycles. The number of carbonyl (C=O) groups is 1. The molecule has 1 atom stereocenters. The van der Waals surface area contributed by atoms with Crippen molar-refractivity contribution in [2.45, 2.75) is 13.0 Å². The van der Waals surface area contributed by atoms with E-state index in [9.17, 15) is 9.18 Å². The average molecular weight is 247 g/mol. The van der Waals surface area contributed by atoms with E-state index in [2.05, 4.69) is 4.98 Å². The summed E-state index contributed by atoms with van der Waals surface area (Å²) in [7, 11) is 1.50. The molecule has 1 rings (SSSR count). The fourth-order valence-electron chi connectivity index (χ4n) is 1.09. The van der Waals surface area contributed by atoms with Crippen LogP contribution in [0.1, 0.15) is 17.3 Å². The molecule has 1 amide bonds. The largest absolute Gasteiger partial charge is 0.394 e. The maximum Gasteiger partial charge on any atom is 0.257 e. The molecule has 88 valence electrons. The molecule has 0 aliphatic heterocycles. The van der Waals surface area contributed by atoms with E-state index in [1.165, 1.54) is 11.9 Å². The monoisotopic (exact) mass is 246 g/mol. The molecule has 16 heavy (non-hydrogen) atoms. The van der Waals surface area contributed by atoms with Gasteiger partial charge in [0.2, 0.25) is 0 Å². The summed E-state index contributed by atoms with van der Waals surface area (Å²) >= 11 is 5.70. The molecule has 1 aromatic heterocycles. The first kappa shape index (κ1) is 12.9. The van der Waals surface area contributed by atoms with Crippen LogP contribution in [-0.2, 0) is 0 Å². The van der Waals surface area contributed by atoms with E-state index in [1.807, 2.05) is 0 Å². The van der Waals surface area contributed by atoms with E-state index < -0.39 is 11.7 Å². The summed E-state index contributed by atoms with van der Waals surface area (Å²) in [5.41, 5.74) is -0.00975.